The molecule has 46 valence electrons. The van der Waals surface area contributed by atoms with Gasteiger partial charge in [0.15, 0.2) is 0 Å². The SMILES string of the molecule is [CH2-]C/C=C/C/C=C/C.[Li+]. The van der Waals surface area contributed by atoms with Crippen molar-refractivity contribution in [2.24, 2.45) is 0 Å². The molecule has 0 saturated carbocycles. The van der Waals surface area contributed by atoms with E-state index in [0.717, 1.165) is 12.8 Å². The van der Waals surface area contributed by atoms with Crippen molar-refractivity contribution >= 4 is 0 Å². The molecule has 0 amide bonds. The Bertz CT molecular complexity index is 82.6. The second kappa shape index (κ2) is 11.0. The molecule has 1 heteroatoms. The molecule has 0 spiro atoms. The van der Waals surface area contributed by atoms with Crippen LogP contribution in [0.4, 0.5) is 0 Å². The van der Waals surface area contributed by atoms with Gasteiger partial charge in [0, 0.05) is 0 Å². The third kappa shape index (κ3) is 11.6. The fourth-order valence-electron chi connectivity index (χ4n) is 0.429. The van der Waals surface area contributed by atoms with Crippen LogP contribution in [0, 0.1) is 6.92 Å². The van der Waals surface area contributed by atoms with Crippen molar-refractivity contribution in [1.82, 2.24) is 0 Å². The minimum absolute atomic E-state index is 0. The zero-order valence-electron chi connectivity index (χ0n) is 6.43. The molecule has 0 nitrogen and oxygen atoms in total. The van der Waals surface area contributed by atoms with Gasteiger partial charge in [0.1, 0.15) is 0 Å². The molecule has 0 atom stereocenters. The van der Waals surface area contributed by atoms with Crippen molar-refractivity contribution in [3.05, 3.63) is 31.2 Å². The monoisotopic (exact) mass is 116 g/mol. The molecule has 0 bridgehead atoms. The van der Waals surface area contributed by atoms with Gasteiger partial charge in [-0.25, -0.2) is 0 Å². The van der Waals surface area contributed by atoms with Crippen molar-refractivity contribution in [2.45, 2.75) is 19.8 Å². The van der Waals surface area contributed by atoms with Gasteiger partial charge in [0.05, 0.1) is 0 Å². The van der Waals surface area contributed by atoms with Crippen LogP contribution in [0.15, 0.2) is 24.3 Å². The van der Waals surface area contributed by atoms with Crippen molar-refractivity contribution in [1.29, 1.82) is 0 Å². The fraction of sp³-hybridized carbons (Fsp3) is 0.375. The molecular formula is C8H13Li. The zero-order valence-corrected chi connectivity index (χ0v) is 6.43. The van der Waals surface area contributed by atoms with Gasteiger partial charge in [-0.05, 0) is 13.3 Å². The molecule has 0 aromatic heterocycles. The van der Waals surface area contributed by atoms with Gasteiger partial charge < -0.3 is 6.92 Å². The smallest absolute Gasteiger partial charge is 0.340 e. The first-order valence-electron chi connectivity index (χ1n) is 2.97. The van der Waals surface area contributed by atoms with Crippen LogP contribution in [0.3, 0.4) is 0 Å². The summed E-state index contributed by atoms with van der Waals surface area (Å²) in [5, 5.41) is 0. The molecule has 0 N–H and O–H groups in total. The summed E-state index contributed by atoms with van der Waals surface area (Å²) in [7, 11) is 0. The quantitative estimate of drug-likeness (QED) is 0.271. The number of hydrogen-bond donors (Lipinski definition) is 0. The summed E-state index contributed by atoms with van der Waals surface area (Å²) in [4.78, 5) is 0. The van der Waals surface area contributed by atoms with E-state index in [1.165, 1.54) is 0 Å². The summed E-state index contributed by atoms with van der Waals surface area (Å²) in [5.41, 5.74) is 0. The number of rotatable bonds is 3. The summed E-state index contributed by atoms with van der Waals surface area (Å²) in [5.74, 6) is 0. The molecular weight excluding hydrogens is 103 g/mol. The molecule has 0 rings (SSSR count). The Morgan fingerprint density at radius 3 is 2.33 bits per heavy atom. The summed E-state index contributed by atoms with van der Waals surface area (Å²) >= 11 is 0. The second-order valence-electron chi connectivity index (χ2n) is 1.56. The van der Waals surface area contributed by atoms with Crippen LogP contribution >= 0.6 is 0 Å². The van der Waals surface area contributed by atoms with Crippen molar-refractivity contribution < 1.29 is 18.9 Å². The topological polar surface area (TPSA) is 0 Å². The van der Waals surface area contributed by atoms with Crippen LogP contribution in [0.1, 0.15) is 19.8 Å². The van der Waals surface area contributed by atoms with Crippen molar-refractivity contribution in [3.8, 4) is 0 Å². The Hall–Kier alpha value is 0.0774. The summed E-state index contributed by atoms with van der Waals surface area (Å²) in [6, 6.07) is 0. The van der Waals surface area contributed by atoms with E-state index in [1.807, 2.05) is 13.0 Å². The molecule has 0 aromatic rings. The molecule has 0 aliphatic rings. The molecule has 0 aliphatic carbocycles. The molecule has 0 aliphatic heterocycles. The number of allylic oxidation sites excluding steroid dienone is 4. The first-order valence-corrected chi connectivity index (χ1v) is 2.97. The van der Waals surface area contributed by atoms with Crippen LogP contribution in [-0.4, -0.2) is 0 Å². The van der Waals surface area contributed by atoms with Gasteiger partial charge in [0.25, 0.3) is 0 Å². The third-order valence-corrected chi connectivity index (χ3v) is 0.841. The van der Waals surface area contributed by atoms with Gasteiger partial charge >= 0.3 is 18.9 Å². The maximum Gasteiger partial charge on any atom is 1.00 e. The van der Waals surface area contributed by atoms with Gasteiger partial charge in [-0.3, -0.25) is 0 Å². The van der Waals surface area contributed by atoms with E-state index in [-0.39, 0.29) is 18.9 Å². The average molecular weight is 116 g/mol. The van der Waals surface area contributed by atoms with E-state index in [1.54, 1.807) is 0 Å². The normalized spacial score (nSPS) is 10.4. The molecule has 0 fully saturated rings. The van der Waals surface area contributed by atoms with Crippen LogP contribution in [0.2, 0.25) is 0 Å². The Morgan fingerprint density at radius 1 is 1.22 bits per heavy atom. The predicted molar refractivity (Wildman–Crippen MR) is 38.5 cm³/mol. The van der Waals surface area contributed by atoms with E-state index >= 15 is 0 Å². The molecule has 0 aromatic carbocycles. The van der Waals surface area contributed by atoms with E-state index in [0.29, 0.717) is 0 Å². The van der Waals surface area contributed by atoms with Crippen molar-refractivity contribution in [3.63, 3.8) is 0 Å². The summed E-state index contributed by atoms with van der Waals surface area (Å²) in [6.45, 7) is 5.70. The van der Waals surface area contributed by atoms with Gasteiger partial charge in [-0.15, -0.1) is 6.08 Å². The largest absolute Gasteiger partial charge is 1.00 e. The number of hydrogen-bond acceptors (Lipinski definition) is 0. The van der Waals surface area contributed by atoms with Crippen LogP contribution in [0.5, 0.6) is 0 Å². The molecule has 0 heterocycles. The third-order valence-electron chi connectivity index (χ3n) is 0.841. The van der Waals surface area contributed by atoms with E-state index in [9.17, 15) is 0 Å². The minimum Gasteiger partial charge on any atom is -0.340 e. The first kappa shape index (κ1) is 11.8. The summed E-state index contributed by atoms with van der Waals surface area (Å²) in [6.07, 6.45) is 10.3. The Kier molecular flexibility index (Phi) is 14.4. The minimum atomic E-state index is 0. The summed E-state index contributed by atoms with van der Waals surface area (Å²) < 4.78 is 0. The predicted octanol–water partition coefficient (Wildman–Crippen LogP) is -0.263. The average Bonchev–Trinajstić information content (AvgIpc) is 1.81. The van der Waals surface area contributed by atoms with Crippen LogP contribution < -0.4 is 18.9 Å². The standard InChI is InChI=1S/C8H13.Li/c1-3-5-7-8-6-4-2;/h4-7H,1,3,8H2,2H3;/q-1;+1/b6-4+,7-5+;. The van der Waals surface area contributed by atoms with Gasteiger partial charge in [-0.1, -0.05) is 18.2 Å². The van der Waals surface area contributed by atoms with Crippen LogP contribution in [0.25, 0.3) is 0 Å². The Morgan fingerprint density at radius 2 is 1.89 bits per heavy atom. The fourth-order valence-corrected chi connectivity index (χ4v) is 0.429. The maximum absolute atomic E-state index is 3.67. The zero-order chi connectivity index (χ0) is 6.24. The maximum atomic E-state index is 3.67. The van der Waals surface area contributed by atoms with E-state index < -0.39 is 0 Å². The van der Waals surface area contributed by atoms with Gasteiger partial charge in [0.2, 0.25) is 0 Å². The van der Waals surface area contributed by atoms with Crippen LogP contribution in [-0.2, 0) is 0 Å². The molecule has 0 unspecified atom stereocenters. The van der Waals surface area contributed by atoms with E-state index in [4.69, 9.17) is 0 Å². The molecule has 0 radical (unpaired) electrons. The Labute approximate surface area is 70.2 Å². The van der Waals surface area contributed by atoms with E-state index in [2.05, 4.69) is 25.2 Å². The first-order chi connectivity index (χ1) is 3.91. The van der Waals surface area contributed by atoms with Crippen molar-refractivity contribution in [2.75, 3.05) is 0 Å². The molecule has 0 saturated heterocycles. The Balaban J connectivity index is 0. The second-order valence-corrected chi connectivity index (χ2v) is 1.56. The van der Waals surface area contributed by atoms with Gasteiger partial charge in [-0.2, -0.15) is 6.42 Å². The molecule has 9 heavy (non-hydrogen) atoms.